The van der Waals surface area contributed by atoms with Gasteiger partial charge in [-0.1, -0.05) is 32.0 Å². The molecule has 0 aliphatic carbocycles. The van der Waals surface area contributed by atoms with E-state index < -0.39 is 0 Å². The Kier molecular flexibility index (Phi) is 4.38. The number of oxazole rings is 1. The van der Waals surface area contributed by atoms with E-state index in [9.17, 15) is 9.59 Å². The molecule has 0 radical (unpaired) electrons. The van der Waals surface area contributed by atoms with Crippen LogP contribution in [0.25, 0.3) is 11.5 Å². The zero-order valence-electron chi connectivity index (χ0n) is 13.9. The maximum atomic E-state index is 12.8. The van der Waals surface area contributed by atoms with Gasteiger partial charge >= 0.3 is 0 Å². The Morgan fingerprint density at radius 1 is 1.29 bits per heavy atom. The third-order valence-corrected chi connectivity index (χ3v) is 4.28. The van der Waals surface area contributed by atoms with Crippen LogP contribution in [0.15, 0.2) is 34.7 Å². The van der Waals surface area contributed by atoms with Crippen LogP contribution in [0.4, 0.5) is 0 Å². The molecule has 1 aliphatic rings. The lowest BCUT2D eigenvalue weighted by Crippen LogP contribution is -2.32. The van der Waals surface area contributed by atoms with E-state index in [0.29, 0.717) is 36.9 Å². The highest BCUT2D eigenvalue weighted by atomic mass is 16.4. The zero-order chi connectivity index (χ0) is 17.3. The first kappa shape index (κ1) is 16.2. The van der Waals surface area contributed by atoms with Gasteiger partial charge in [0.2, 0.25) is 11.8 Å². The van der Waals surface area contributed by atoms with Crippen LogP contribution in [0, 0.1) is 5.92 Å². The number of hydrogen-bond acceptors (Lipinski definition) is 4. The number of primary amides is 1. The number of carbonyl (C=O) groups is 2. The van der Waals surface area contributed by atoms with Gasteiger partial charge in [0.05, 0.1) is 5.92 Å². The Bertz CT molecular complexity index is 752. The molecule has 1 aromatic carbocycles. The Hall–Kier alpha value is -2.63. The number of rotatable bonds is 4. The van der Waals surface area contributed by atoms with E-state index in [1.54, 1.807) is 4.90 Å². The van der Waals surface area contributed by atoms with E-state index in [4.69, 9.17) is 10.2 Å². The van der Waals surface area contributed by atoms with Crippen molar-refractivity contribution in [2.45, 2.75) is 26.2 Å². The maximum absolute atomic E-state index is 12.8. The van der Waals surface area contributed by atoms with Crippen molar-refractivity contribution in [3.63, 3.8) is 0 Å². The van der Waals surface area contributed by atoms with Crippen molar-refractivity contribution in [1.82, 2.24) is 9.88 Å². The van der Waals surface area contributed by atoms with Crippen LogP contribution in [-0.4, -0.2) is 34.8 Å². The number of amides is 2. The lowest BCUT2D eigenvalue weighted by Gasteiger charge is -2.15. The van der Waals surface area contributed by atoms with Gasteiger partial charge in [0.15, 0.2) is 5.69 Å². The lowest BCUT2D eigenvalue weighted by molar-refractivity contribution is -0.121. The smallest absolute Gasteiger partial charge is 0.276 e. The molecule has 126 valence electrons. The van der Waals surface area contributed by atoms with Crippen LogP contribution in [0.3, 0.4) is 0 Å². The molecule has 6 heteroatoms. The van der Waals surface area contributed by atoms with Gasteiger partial charge in [-0.25, -0.2) is 4.98 Å². The molecule has 1 saturated heterocycles. The fourth-order valence-electron chi connectivity index (χ4n) is 2.91. The van der Waals surface area contributed by atoms with Crippen molar-refractivity contribution in [1.29, 1.82) is 0 Å². The Labute approximate surface area is 140 Å². The molecule has 1 aromatic heterocycles. The first-order valence-electron chi connectivity index (χ1n) is 8.12. The molecule has 3 rings (SSSR count). The number of nitrogens with zero attached hydrogens (tertiary/aromatic N) is 2. The minimum absolute atomic E-state index is 0.0310. The third kappa shape index (κ3) is 3.04. The zero-order valence-corrected chi connectivity index (χ0v) is 13.9. The van der Waals surface area contributed by atoms with Gasteiger partial charge in [0.1, 0.15) is 5.76 Å². The topological polar surface area (TPSA) is 89.4 Å². The minimum Gasteiger partial charge on any atom is -0.440 e. The second-order valence-electron chi connectivity index (χ2n) is 6.39. The van der Waals surface area contributed by atoms with E-state index in [1.165, 1.54) is 0 Å². The Balaban J connectivity index is 1.91. The summed E-state index contributed by atoms with van der Waals surface area (Å²) in [6, 6.07) is 9.49. The summed E-state index contributed by atoms with van der Waals surface area (Å²) in [6.45, 7) is 4.78. The highest BCUT2D eigenvalue weighted by Crippen LogP contribution is 2.29. The van der Waals surface area contributed by atoms with Crippen molar-refractivity contribution >= 4 is 11.8 Å². The fourth-order valence-corrected chi connectivity index (χ4v) is 2.91. The van der Waals surface area contributed by atoms with Crippen LogP contribution in [0.2, 0.25) is 0 Å². The Morgan fingerprint density at radius 3 is 2.58 bits per heavy atom. The van der Waals surface area contributed by atoms with Crippen molar-refractivity contribution in [2.24, 2.45) is 11.7 Å². The molecule has 1 aliphatic heterocycles. The highest BCUT2D eigenvalue weighted by Gasteiger charge is 2.33. The van der Waals surface area contributed by atoms with E-state index in [1.807, 2.05) is 44.2 Å². The van der Waals surface area contributed by atoms with Gasteiger partial charge in [0.25, 0.3) is 5.91 Å². The van der Waals surface area contributed by atoms with Gasteiger partial charge in [0, 0.05) is 24.6 Å². The molecule has 2 amide bonds. The Morgan fingerprint density at radius 2 is 2.00 bits per heavy atom. The van der Waals surface area contributed by atoms with Gasteiger partial charge in [-0.2, -0.15) is 0 Å². The van der Waals surface area contributed by atoms with Gasteiger partial charge in [-0.3, -0.25) is 9.59 Å². The summed E-state index contributed by atoms with van der Waals surface area (Å²) in [5.41, 5.74) is 6.50. The number of likely N-dealkylation sites (tertiary alicyclic amines) is 1. The van der Waals surface area contributed by atoms with Crippen molar-refractivity contribution < 1.29 is 14.0 Å². The summed E-state index contributed by atoms with van der Waals surface area (Å²) in [6.07, 6.45) is 0.599. The predicted octanol–water partition coefficient (Wildman–Crippen LogP) is 2.41. The van der Waals surface area contributed by atoms with Crippen LogP contribution in [0.5, 0.6) is 0 Å². The molecule has 1 unspecified atom stereocenters. The normalized spacial score (nSPS) is 17.5. The van der Waals surface area contributed by atoms with E-state index in [2.05, 4.69) is 4.98 Å². The number of nitrogens with two attached hydrogens (primary N) is 1. The predicted molar refractivity (Wildman–Crippen MR) is 89.2 cm³/mol. The van der Waals surface area contributed by atoms with E-state index in [-0.39, 0.29) is 23.7 Å². The van der Waals surface area contributed by atoms with Crippen LogP contribution >= 0.6 is 0 Å². The number of carbonyl (C=O) groups excluding carboxylic acids is 2. The summed E-state index contributed by atoms with van der Waals surface area (Å²) in [4.78, 5) is 30.2. The molecule has 1 fully saturated rings. The summed E-state index contributed by atoms with van der Waals surface area (Å²) < 4.78 is 5.87. The average molecular weight is 327 g/mol. The summed E-state index contributed by atoms with van der Waals surface area (Å²) in [5.74, 6) is 0.197. The summed E-state index contributed by atoms with van der Waals surface area (Å²) >= 11 is 0. The maximum Gasteiger partial charge on any atom is 0.276 e. The molecule has 0 bridgehead atoms. The quantitative estimate of drug-likeness (QED) is 0.934. The third-order valence-electron chi connectivity index (χ3n) is 4.28. The van der Waals surface area contributed by atoms with Gasteiger partial charge < -0.3 is 15.1 Å². The SMILES string of the molecule is CC(C)c1oc(-c2ccccc2)nc1C(=O)N1CCC(C(N)=O)C1. The number of aromatic nitrogens is 1. The van der Waals surface area contributed by atoms with Gasteiger partial charge in [-0.05, 0) is 18.6 Å². The molecular weight excluding hydrogens is 306 g/mol. The molecule has 2 N–H and O–H groups in total. The second-order valence-corrected chi connectivity index (χ2v) is 6.39. The van der Waals surface area contributed by atoms with E-state index in [0.717, 1.165) is 5.56 Å². The largest absolute Gasteiger partial charge is 0.440 e. The van der Waals surface area contributed by atoms with Crippen molar-refractivity contribution in [3.05, 3.63) is 41.8 Å². The molecule has 1 atom stereocenters. The minimum atomic E-state index is -0.362. The van der Waals surface area contributed by atoms with Crippen molar-refractivity contribution in [3.8, 4) is 11.5 Å². The highest BCUT2D eigenvalue weighted by molar-refractivity contribution is 5.94. The average Bonchev–Trinajstić information content (AvgIpc) is 3.22. The van der Waals surface area contributed by atoms with Crippen LogP contribution < -0.4 is 5.73 Å². The van der Waals surface area contributed by atoms with Gasteiger partial charge in [-0.15, -0.1) is 0 Å². The fraction of sp³-hybridized carbons (Fsp3) is 0.389. The molecule has 0 saturated carbocycles. The summed E-state index contributed by atoms with van der Waals surface area (Å²) in [5, 5.41) is 0. The van der Waals surface area contributed by atoms with Crippen LogP contribution in [0.1, 0.15) is 42.4 Å². The first-order valence-corrected chi connectivity index (χ1v) is 8.12. The molecular formula is C18H21N3O3. The lowest BCUT2D eigenvalue weighted by atomic mass is 10.1. The molecule has 2 aromatic rings. The summed E-state index contributed by atoms with van der Waals surface area (Å²) in [7, 11) is 0. The standard InChI is InChI=1S/C18H21N3O3/c1-11(2)15-14(18(23)21-9-8-13(10-21)16(19)22)20-17(24-15)12-6-4-3-5-7-12/h3-7,11,13H,8-10H2,1-2H3,(H2,19,22). The monoisotopic (exact) mass is 327 g/mol. The molecule has 2 heterocycles. The van der Waals surface area contributed by atoms with E-state index >= 15 is 0 Å². The van der Waals surface area contributed by atoms with Crippen LogP contribution in [-0.2, 0) is 4.79 Å². The first-order chi connectivity index (χ1) is 11.5. The molecule has 24 heavy (non-hydrogen) atoms. The molecule has 6 nitrogen and oxygen atoms in total. The number of hydrogen-bond donors (Lipinski definition) is 1. The number of benzene rings is 1. The second kappa shape index (κ2) is 6.47. The molecule has 0 spiro atoms. The van der Waals surface area contributed by atoms with Crippen molar-refractivity contribution in [2.75, 3.05) is 13.1 Å².